The molecule has 1 aromatic rings. The Labute approximate surface area is 104 Å². The minimum absolute atomic E-state index is 0.460. The van der Waals surface area contributed by atoms with E-state index >= 15 is 0 Å². The van der Waals surface area contributed by atoms with Crippen LogP contribution in [0, 0.1) is 0 Å². The highest BCUT2D eigenvalue weighted by Gasteiger charge is 2.44. The zero-order valence-electron chi connectivity index (χ0n) is 9.59. The molecule has 6 heteroatoms. The Morgan fingerprint density at radius 2 is 1.67 bits per heavy atom. The molecular weight excluding hydrogens is 240 g/mol. The molecule has 0 aromatic heterocycles. The number of aliphatic hydroxyl groups is 4. The van der Waals surface area contributed by atoms with Gasteiger partial charge in [0, 0.05) is 0 Å². The van der Waals surface area contributed by atoms with Gasteiger partial charge >= 0.3 is 0 Å². The van der Waals surface area contributed by atoms with Crippen LogP contribution in [0.25, 0.3) is 0 Å². The van der Waals surface area contributed by atoms with E-state index in [0.717, 1.165) is 0 Å². The molecule has 1 heterocycles. The minimum atomic E-state index is -1.43. The molecule has 0 spiro atoms. The summed E-state index contributed by atoms with van der Waals surface area (Å²) in [6.45, 7) is -0.473. The minimum Gasteiger partial charge on any atom is -0.462 e. The van der Waals surface area contributed by atoms with E-state index in [1.807, 2.05) is 0 Å². The Morgan fingerprint density at radius 1 is 1.00 bits per heavy atom. The van der Waals surface area contributed by atoms with Crippen molar-refractivity contribution in [2.75, 3.05) is 6.61 Å². The van der Waals surface area contributed by atoms with Crippen molar-refractivity contribution in [2.24, 2.45) is 0 Å². The van der Waals surface area contributed by atoms with Gasteiger partial charge in [-0.05, 0) is 12.1 Å². The second-order valence-corrected chi connectivity index (χ2v) is 4.13. The summed E-state index contributed by atoms with van der Waals surface area (Å²) in [6, 6.07) is 8.64. The van der Waals surface area contributed by atoms with Gasteiger partial charge in [-0.1, -0.05) is 18.2 Å². The maximum absolute atomic E-state index is 9.74. The van der Waals surface area contributed by atoms with Gasteiger partial charge in [0.2, 0.25) is 6.29 Å². The van der Waals surface area contributed by atoms with Gasteiger partial charge in [0.1, 0.15) is 30.2 Å². The van der Waals surface area contributed by atoms with E-state index in [1.165, 1.54) is 0 Å². The molecule has 0 saturated carbocycles. The summed E-state index contributed by atoms with van der Waals surface area (Å²) >= 11 is 0. The molecular formula is C12H16O6. The number of rotatable bonds is 3. The van der Waals surface area contributed by atoms with Crippen molar-refractivity contribution in [1.29, 1.82) is 0 Å². The largest absolute Gasteiger partial charge is 0.462 e. The number of hydrogen-bond acceptors (Lipinski definition) is 6. The fourth-order valence-electron chi connectivity index (χ4n) is 1.80. The highest BCUT2D eigenvalue weighted by atomic mass is 16.7. The molecule has 2 rings (SSSR count). The molecule has 1 fully saturated rings. The average molecular weight is 256 g/mol. The standard InChI is InChI=1S/C12H16O6/c13-6-8-9(14)10(15)11(16)12(18-8)17-7-4-2-1-3-5-7/h1-5,8-16H,6H2/t8-,9+,10+,11-,12+/m1/s1. The second-order valence-electron chi connectivity index (χ2n) is 4.13. The van der Waals surface area contributed by atoms with Crippen LogP contribution in [-0.2, 0) is 4.74 Å². The third-order valence-electron chi connectivity index (χ3n) is 2.84. The SMILES string of the molecule is OC[C@H]1O[C@H](Oc2ccccc2)[C@H](O)[C@@H](O)[C@H]1O. The van der Waals surface area contributed by atoms with E-state index in [2.05, 4.69) is 0 Å². The third-order valence-corrected chi connectivity index (χ3v) is 2.84. The van der Waals surface area contributed by atoms with Gasteiger partial charge in [0.25, 0.3) is 0 Å². The van der Waals surface area contributed by atoms with Crippen LogP contribution in [0.4, 0.5) is 0 Å². The van der Waals surface area contributed by atoms with E-state index in [4.69, 9.17) is 14.6 Å². The molecule has 0 unspecified atom stereocenters. The van der Waals surface area contributed by atoms with Crippen LogP contribution >= 0.6 is 0 Å². The first-order valence-electron chi connectivity index (χ1n) is 5.65. The first-order valence-corrected chi connectivity index (χ1v) is 5.65. The Bertz CT molecular complexity index is 368. The molecule has 4 N–H and O–H groups in total. The summed E-state index contributed by atoms with van der Waals surface area (Å²) in [7, 11) is 0. The van der Waals surface area contributed by atoms with Crippen LogP contribution in [0.3, 0.4) is 0 Å². The van der Waals surface area contributed by atoms with Gasteiger partial charge in [0.15, 0.2) is 0 Å². The van der Waals surface area contributed by atoms with E-state index in [9.17, 15) is 15.3 Å². The fraction of sp³-hybridized carbons (Fsp3) is 0.500. The van der Waals surface area contributed by atoms with Crippen LogP contribution in [0.15, 0.2) is 30.3 Å². The van der Waals surface area contributed by atoms with Gasteiger partial charge in [-0.2, -0.15) is 0 Å². The smallest absolute Gasteiger partial charge is 0.229 e. The van der Waals surface area contributed by atoms with Crippen LogP contribution in [0.1, 0.15) is 0 Å². The van der Waals surface area contributed by atoms with E-state index in [-0.39, 0.29) is 0 Å². The molecule has 5 atom stereocenters. The molecule has 0 amide bonds. The normalized spacial score (nSPS) is 36.3. The Hall–Kier alpha value is -1.18. The summed E-state index contributed by atoms with van der Waals surface area (Å²) in [5.74, 6) is 0.460. The monoisotopic (exact) mass is 256 g/mol. The zero-order valence-corrected chi connectivity index (χ0v) is 9.59. The predicted octanol–water partition coefficient (Wildman–Crippen LogP) is -1.13. The van der Waals surface area contributed by atoms with Gasteiger partial charge in [-0.25, -0.2) is 0 Å². The molecule has 1 aromatic carbocycles. The zero-order chi connectivity index (χ0) is 13.1. The number of benzene rings is 1. The maximum atomic E-state index is 9.74. The summed E-state index contributed by atoms with van der Waals surface area (Å²) in [5.41, 5.74) is 0. The number of hydrogen-bond donors (Lipinski definition) is 4. The molecule has 100 valence electrons. The van der Waals surface area contributed by atoms with Gasteiger partial charge < -0.3 is 29.9 Å². The Morgan fingerprint density at radius 3 is 2.28 bits per heavy atom. The van der Waals surface area contributed by atoms with Crippen LogP contribution in [0.5, 0.6) is 5.75 Å². The van der Waals surface area contributed by atoms with Crippen molar-refractivity contribution in [2.45, 2.75) is 30.7 Å². The lowest BCUT2D eigenvalue weighted by atomic mass is 9.99. The van der Waals surface area contributed by atoms with Crippen molar-refractivity contribution in [3.05, 3.63) is 30.3 Å². The second kappa shape index (κ2) is 5.64. The van der Waals surface area contributed by atoms with Gasteiger partial charge in [0.05, 0.1) is 6.61 Å². The lowest BCUT2D eigenvalue weighted by Gasteiger charge is -2.39. The first-order chi connectivity index (χ1) is 8.63. The molecule has 0 aliphatic carbocycles. The predicted molar refractivity (Wildman–Crippen MR) is 60.8 cm³/mol. The molecule has 1 aliphatic rings. The van der Waals surface area contributed by atoms with Crippen LogP contribution in [0.2, 0.25) is 0 Å². The lowest BCUT2D eigenvalue weighted by Crippen LogP contribution is -2.60. The quantitative estimate of drug-likeness (QED) is 0.546. The molecule has 6 nitrogen and oxygen atoms in total. The van der Waals surface area contributed by atoms with Crippen molar-refractivity contribution < 1.29 is 29.9 Å². The van der Waals surface area contributed by atoms with Gasteiger partial charge in [-0.3, -0.25) is 0 Å². The topological polar surface area (TPSA) is 99.4 Å². The number of para-hydroxylation sites is 1. The van der Waals surface area contributed by atoms with Crippen molar-refractivity contribution in [3.63, 3.8) is 0 Å². The van der Waals surface area contributed by atoms with Crippen molar-refractivity contribution in [3.8, 4) is 5.75 Å². The summed E-state index contributed by atoms with van der Waals surface area (Å²) in [4.78, 5) is 0. The van der Waals surface area contributed by atoms with E-state index in [1.54, 1.807) is 30.3 Å². The van der Waals surface area contributed by atoms with E-state index < -0.39 is 37.3 Å². The molecule has 1 aliphatic heterocycles. The van der Waals surface area contributed by atoms with Crippen LogP contribution in [-0.4, -0.2) is 57.7 Å². The fourth-order valence-corrected chi connectivity index (χ4v) is 1.80. The van der Waals surface area contributed by atoms with Crippen molar-refractivity contribution >= 4 is 0 Å². The molecule has 18 heavy (non-hydrogen) atoms. The lowest BCUT2D eigenvalue weighted by molar-refractivity contribution is -0.277. The van der Waals surface area contributed by atoms with Crippen LogP contribution < -0.4 is 4.74 Å². The highest BCUT2D eigenvalue weighted by molar-refractivity contribution is 5.21. The van der Waals surface area contributed by atoms with E-state index in [0.29, 0.717) is 5.75 Å². The Kier molecular flexibility index (Phi) is 4.15. The summed E-state index contributed by atoms with van der Waals surface area (Å²) in [5, 5.41) is 37.9. The highest BCUT2D eigenvalue weighted by Crippen LogP contribution is 2.23. The molecule has 0 radical (unpaired) electrons. The number of aliphatic hydroxyl groups excluding tert-OH is 4. The third kappa shape index (κ3) is 2.63. The summed E-state index contributed by atoms with van der Waals surface area (Å²) < 4.78 is 10.6. The van der Waals surface area contributed by atoms with Gasteiger partial charge in [-0.15, -0.1) is 0 Å². The summed E-state index contributed by atoms with van der Waals surface area (Å²) in [6.07, 6.45) is -6.28. The number of ether oxygens (including phenoxy) is 2. The van der Waals surface area contributed by atoms with Crippen molar-refractivity contribution in [1.82, 2.24) is 0 Å². The first kappa shape index (κ1) is 13.3. The maximum Gasteiger partial charge on any atom is 0.229 e. The molecule has 1 saturated heterocycles. The average Bonchev–Trinajstić information content (AvgIpc) is 2.40. The molecule has 0 bridgehead atoms. The Balaban J connectivity index is 2.08.